The number of nitrogens with zero attached hydrogens (tertiary/aromatic N) is 2. The van der Waals surface area contributed by atoms with E-state index in [0.717, 1.165) is 11.8 Å². The average Bonchev–Trinajstić information content (AvgIpc) is 3.21. The van der Waals surface area contributed by atoms with Gasteiger partial charge >= 0.3 is 5.97 Å². The van der Waals surface area contributed by atoms with Crippen molar-refractivity contribution in [3.05, 3.63) is 49.1 Å². The number of rotatable bonds is 6. The van der Waals surface area contributed by atoms with Crippen molar-refractivity contribution in [2.75, 3.05) is 7.11 Å². The molecule has 27 heavy (non-hydrogen) atoms. The Morgan fingerprint density at radius 1 is 1.41 bits per heavy atom. The van der Waals surface area contributed by atoms with Crippen LogP contribution in [0.3, 0.4) is 0 Å². The van der Waals surface area contributed by atoms with Gasteiger partial charge in [0.1, 0.15) is 16.4 Å². The summed E-state index contributed by atoms with van der Waals surface area (Å²) in [4.78, 5) is 15.9. The Morgan fingerprint density at radius 3 is 2.81 bits per heavy atom. The fourth-order valence-electron chi connectivity index (χ4n) is 2.07. The van der Waals surface area contributed by atoms with E-state index in [0.29, 0.717) is 37.1 Å². The molecule has 2 aromatic heterocycles. The Kier molecular flexibility index (Phi) is 6.30. The molecule has 0 atom stereocenters. The monoisotopic (exact) mass is 533 g/mol. The van der Waals surface area contributed by atoms with E-state index in [-0.39, 0.29) is 10.1 Å². The number of ether oxygens (including phenoxy) is 1. The molecule has 2 heterocycles. The van der Waals surface area contributed by atoms with Gasteiger partial charge in [0.05, 0.1) is 17.1 Å². The van der Waals surface area contributed by atoms with Crippen LogP contribution in [0.25, 0.3) is 17.5 Å². The maximum absolute atomic E-state index is 11.6. The number of aliphatic carboxylic acids is 1. The number of nitrogens with one attached hydrogen (secondary N) is 1. The summed E-state index contributed by atoms with van der Waals surface area (Å²) in [6, 6.07) is 6.73. The Morgan fingerprint density at radius 2 is 2.19 bits per heavy atom. The zero-order chi connectivity index (χ0) is 19.6. The molecule has 2 N–H and O–H groups in total. The Hall–Kier alpha value is -1.75. The maximum atomic E-state index is 11.6. The predicted octanol–water partition coefficient (Wildman–Crippen LogP) is 5.47. The first-order chi connectivity index (χ1) is 12.9. The Labute approximate surface area is 179 Å². The SMILES string of the molecule is COc1ccc(Cl)cc1-c1nc(S/C(=C\c2cc(Br)c(Br)o2)C(=O)O)n[nH]1. The molecule has 0 saturated heterocycles. The third-order valence-corrected chi connectivity index (χ3v) is 6.05. The lowest BCUT2D eigenvalue weighted by Crippen LogP contribution is -1.97. The van der Waals surface area contributed by atoms with E-state index in [1.165, 1.54) is 13.2 Å². The van der Waals surface area contributed by atoms with Gasteiger partial charge in [0, 0.05) is 11.1 Å². The molecule has 0 bridgehead atoms. The standard InChI is InChI=1S/C16H10Br2ClN3O4S/c1-25-11-3-2-7(19)4-9(11)14-20-16(22-21-14)27-12(15(23)24)6-8-5-10(17)13(18)26-8/h2-6H,1H3,(H,23,24)(H,20,21,22)/b12-6-. The largest absolute Gasteiger partial charge is 0.496 e. The first-order valence-corrected chi connectivity index (χ1v) is 9.99. The molecular weight excluding hydrogens is 526 g/mol. The van der Waals surface area contributed by atoms with Crippen LogP contribution in [-0.4, -0.2) is 33.4 Å². The summed E-state index contributed by atoms with van der Waals surface area (Å²) in [6.45, 7) is 0. The minimum Gasteiger partial charge on any atom is -0.496 e. The normalized spacial score (nSPS) is 11.6. The number of hydrogen-bond donors (Lipinski definition) is 2. The van der Waals surface area contributed by atoms with Gasteiger partial charge in [-0.3, -0.25) is 5.10 Å². The lowest BCUT2D eigenvalue weighted by Gasteiger charge is -2.05. The van der Waals surface area contributed by atoms with E-state index < -0.39 is 5.97 Å². The molecule has 0 aliphatic rings. The van der Waals surface area contributed by atoms with Gasteiger partial charge in [-0.25, -0.2) is 9.78 Å². The smallest absolute Gasteiger partial charge is 0.342 e. The van der Waals surface area contributed by atoms with Crippen LogP contribution in [0.4, 0.5) is 0 Å². The molecule has 0 amide bonds. The van der Waals surface area contributed by atoms with Crippen LogP contribution >= 0.6 is 55.2 Å². The quantitative estimate of drug-likeness (QED) is 0.319. The average molecular weight is 536 g/mol. The maximum Gasteiger partial charge on any atom is 0.342 e. The van der Waals surface area contributed by atoms with Crippen LogP contribution in [0.1, 0.15) is 5.76 Å². The highest BCUT2D eigenvalue weighted by atomic mass is 79.9. The minimum absolute atomic E-state index is 0.00707. The second-order valence-electron chi connectivity index (χ2n) is 5.00. The molecule has 0 radical (unpaired) electrons. The lowest BCUT2D eigenvalue weighted by atomic mass is 10.2. The summed E-state index contributed by atoms with van der Waals surface area (Å²) < 4.78 is 11.8. The number of benzene rings is 1. The van der Waals surface area contributed by atoms with Gasteiger partial charge in [0.25, 0.3) is 0 Å². The van der Waals surface area contributed by atoms with Crippen molar-refractivity contribution in [2.24, 2.45) is 0 Å². The molecule has 11 heteroatoms. The first kappa shape index (κ1) is 20.0. The Balaban J connectivity index is 1.89. The van der Waals surface area contributed by atoms with Gasteiger partial charge in [-0.2, -0.15) is 0 Å². The van der Waals surface area contributed by atoms with Gasteiger partial charge in [-0.05, 0) is 67.9 Å². The number of furan rings is 1. The van der Waals surface area contributed by atoms with Crippen molar-refractivity contribution in [3.63, 3.8) is 0 Å². The lowest BCUT2D eigenvalue weighted by molar-refractivity contribution is -0.131. The zero-order valence-corrected chi connectivity index (χ0v) is 18.2. The topological polar surface area (TPSA) is 101 Å². The summed E-state index contributed by atoms with van der Waals surface area (Å²) in [5.74, 6) is 0.206. The summed E-state index contributed by atoms with van der Waals surface area (Å²) in [7, 11) is 1.53. The van der Waals surface area contributed by atoms with E-state index >= 15 is 0 Å². The molecule has 1 aromatic carbocycles. The highest BCUT2D eigenvalue weighted by Gasteiger charge is 2.17. The number of carbonyl (C=O) groups is 1. The summed E-state index contributed by atoms with van der Waals surface area (Å²) in [5, 5.41) is 17.0. The van der Waals surface area contributed by atoms with Gasteiger partial charge in [0.15, 0.2) is 10.5 Å². The Bertz CT molecular complexity index is 1020. The van der Waals surface area contributed by atoms with Gasteiger partial charge in [-0.15, -0.1) is 5.10 Å². The van der Waals surface area contributed by atoms with Crippen LogP contribution < -0.4 is 4.74 Å². The van der Waals surface area contributed by atoms with E-state index in [1.807, 2.05) is 0 Å². The van der Waals surface area contributed by atoms with Gasteiger partial charge in [-0.1, -0.05) is 11.6 Å². The van der Waals surface area contributed by atoms with E-state index in [1.54, 1.807) is 24.3 Å². The summed E-state index contributed by atoms with van der Waals surface area (Å²) >= 11 is 13.4. The fraction of sp³-hybridized carbons (Fsp3) is 0.0625. The van der Waals surface area contributed by atoms with E-state index in [4.69, 9.17) is 20.8 Å². The van der Waals surface area contributed by atoms with Crippen molar-refractivity contribution in [2.45, 2.75) is 5.16 Å². The molecular formula is C16H10Br2ClN3O4S. The number of hydrogen-bond acceptors (Lipinski definition) is 6. The third kappa shape index (κ3) is 4.75. The van der Waals surface area contributed by atoms with Gasteiger partial charge < -0.3 is 14.3 Å². The van der Waals surface area contributed by atoms with Crippen LogP contribution in [0, 0.1) is 0 Å². The van der Waals surface area contributed by atoms with Crippen LogP contribution in [0.15, 0.2) is 47.9 Å². The minimum atomic E-state index is -1.13. The fourth-order valence-corrected chi connectivity index (χ4v) is 3.54. The summed E-state index contributed by atoms with van der Waals surface area (Å²) in [6.07, 6.45) is 1.39. The highest BCUT2D eigenvalue weighted by molar-refractivity contribution is 9.13. The predicted molar refractivity (Wildman–Crippen MR) is 109 cm³/mol. The van der Waals surface area contributed by atoms with Crippen molar-refractivity contribution in [1.29, 1.82) is 0 Å². The second-order valence-corrected chi connectivity index (χ2v) is 8.02. The van der Waals surface area contributed by atoms with Crippen molar-refractivity contribution in [1.82, 2.24) is 15.2 Å². The highest BCUT2D eigenvalue weighted by Crippen LogP contribution is 2.34. The van der Waals surface area contributed by atoms with Crippen molar-refractivity contribution >= 4 is 67.3 Å². The molecule has 7 nitrogen and oxygen atoms in total. The molecule has 140 valence electrons. The molecule has 0 saturated carbocycles. The third-order valence-electron chi connectivity index (χ3n) is 3.23. The number of thioether (sulfide) groups is 1. The number of H-pyrrole nitrogens is 1. The van der Waals surface area contributed by atoms with E-state index in [2.05, 4.69) is 47.0 Å². The molecule has 0 aliphatic carbocycles. The molecule has 3 rings (SSSR count). The van der Waals surface area contributed by atoms with Gasteiger partial charge in [0.2, 0.25) is 5.16 Å². The number of carboxylic acids is 1. The second kappa shape index (κ2) is 8.51. The van der Waals surface area contributed by atoms with Crippen molar-refractivity contribution < 1.29 is 19.1 Å². The van der Waals surface area contributed by atoms with Crippen LogP contribution in [0.5, 0.6) is 5.75 Å². The first-order valence-electron chi connectivity index (χ1n) is 7.21. The number of methoxy groups -OCH3 is 1. The molecule has 0 unspecified atom stereocenters. The number of carboxylic acid groups (broad SMARTS) is 1. The molecule has 3 aromatic rings. The van der Waals surface area contributed by atoms with Crippen molar-refractivity contribution in [3.8, 4) is 17.1 Å². The van der Waals surface area contributed by atoms with E-state index in [9.17, 15) is 9.90 Å². The number of aromatic nitrogens is 3. The molecule has 0 spiro atoms. The summed E-state index contributed by atoms with van der Waals surface area (Å²) in [5.41, 5.74) is 0.615. The number of aromatic amines is 1. The molecule has 0 fully saturated rings. The molecule has 0 aliphatic heterocycles. The van der Waals surface area contributed by atoms with Crippen LogP contribution in [0.2, 0.25) is 5.02 Å². The number of halogens is 3. The zero-order valence-electron chi connectivity index (χ0n) is 13.5. The van der Waals surface area contributed by atoms with Crippen LogP contribution in [-0.2, 0) is 4.79 Å².